The predicted octanol–water partition coefficient (Wildman–Crippen LogP) is 2.00. The van der Waals surface area contributed by atoms with Crippen molar-refractivity contribution in [1.29, 1.82) is 0 Å². The average molecular weight is 348 g/mol. The van der Waals surface area contributed by atoms with Gasteiger partial charge in [0.15, 0.2) is 0 Å². The Labute approximate surface area is 145 Å². The Hall–Kier alpha value is -1.73. The quantitative estimate of drug-likeness (QED) is 0.897. The van der Waals surface area contributed by atoms with Gasteiger partial charge in [-0.2, -0.15) is 0 Å². The van der Waals surface area contributed by atoms with E-state index >= 15 is 0 Å². The minimum absolute atomic E-state index is 0.0664. The van der Waals surface area contributed by atoms with E-state index in [1.54, 1.807) is 10.9 Å². The smallest absolute Gasteiger partial charge is 0.262 e. The molecule has 3 heterocycles. The molecule has 6 nitrogen and oxygen atoms in total. The van der Waals surface area contributed by atoms with Gasteiger partial charge in [0.25, 0.3) is 11.5 Å². The molecule has 0 spiro atoms. The highest BCUT2D eigenvalue weighted by Crippen LogP contribution is 2.26. The van der Waals surface area contributed by atoms with E-state index in [2.05, 4.69) is 22.1 Å². The average Bonchev–Trinajstić information content (AvgIpc) is 3.17. The summed E-state index contributed by atoms with van der Waals surface area (Å²) in [4.78, 5) is 33.0. The molecule has 0 bridgehead atoms. The molecule has 0 aromatic carbocycles. The minimum atomic E-state index is -0.0964. The van der Waals surface area contributed by atoms with Crippen LogP contribution in [0, 0.1) is 6.92 Å². The summed E-state index contributed by atoms with van der Waals surface area (Å²) in [6, 6.07) is 0.420. The first kappa shape index (κ1) is 17.1. The number of amides is 1. The first-order chi connectivity index (χ1) is 11.6. The van der Waals surface area contributed by atoms with E-state index in [0.717, 1.165) is 25.1 Å². The number of carbonyl (C=O) groups is 1. The van der Waals surface area contributed by atoms with Crippen molar-refractivity contribution < 1.29 is 4.79 Å². The molecule has 0 saturated carbocycles. The Bertz CT molecular complexity index is 811. The first-order valence-corrected chi connectivity index (χ1v) is 9.39. The monoisotopic (exact) mass is 348 g/mol. The minimum Gasteiger partial charge on any atom is -0.350 e. The Balaban J connectivity index is 1.81. The van der Waals surface area contributed by atoms with Crippen molar-refractivity contribution in [2.75, 3.05) is 19.6 Å². The third-order valence-corrected chi connectivity index (χ3v) is 6.07. The SMILES string of the molecule is CCN1CCCC1CNC(=O)c1sc2ncn(CC)c(=O)c2c1C. The van der Waals surface area contributed by atoms with Crippen LogP contribution in [0.4, 0.5) is 0 Å². The van der Waals surface area contributed by atoms with Crippen molar-refractivity contribution in [2.24, 2.45) is 0 Å². The largest absolute Gasteiger partial charge is 0.350 e. The van der Waals surface area contributed by atoms with Crippen LogP contribution in [0.1, 0.15) is 41.9 Å². The van der Waals surface area contributed by atoms with Gasteiger partial charge in [0.05, 0.1) is 16.6 Å². The lowest BCUT2D eigenvalue weighted by atomic mass is 10.2. The van der Waals surface area contributed by atoms with Gasteiger partial charge in [-0.1, -0.05) is 6.92 Å². The molecule has 24 heavy (non-hydrogen) atoms. The molecule has 1 N–H and O–H groups in total. The number of thiophene rings is 1. The molecule has 1 saturated heterocycles. The Kier molecular flexibility index (Phi) is 5.01. The van der Waals surface area contributed by atoms with Crippen LogP contribution < -0.4 is 10.9 Å². The number of nitrogens with one attached hydrogen (secondary N) is 1. The molecule has 130 valence electrons. The van der Waals surface area contributed by atoms with Gasteiger partial charge < -0.3 is 5.32 Å². The summed E-state index contributed by atoms with van der Waals surface area (Å²) in [5.74, 6) is -0.0964. The number of likely N-dealkylation sites (N-methyl/N-ethyl adjacent to an activating group) is 1. The van der Waals surface area contributed by atoms with E-state index in [0.29, 0.717) is 34.2 Å². The van der Waals surface area contributed by atoms with Crippen molar-refractivity contribution in [1.82, 2.24) is 19.8 Å². The first-order valence-electron chi connectivity index (χ1n) is 8.57. The number of likely N-dealkylation sites (tertiary alicyclic amines) is 1. The van der Waals surface area contributed by atoms with Crippen LogP contribution in [0.2, 0.25) is 0 Å². The summed E-state index contributed by atoms with van der Waals surface area (Å²) >= 11 is 1.30. The lowest BCUT2D eigenvalue weighted by Crippen LogP contribution is -2.40. The molecule has 0 radical (unpaired) electrons. The number of fused-ring (bicyclic) bond motifs is 1. The van der Waals surface area contributed by atoms with Gasteiger partial charge in [-0.15, -0.1) is 11.3 Å². The zero-order chi connectivity index (χ0) is 17.3. The maximum Gasteiger partial charge on any atom is 0.262 e. The predicted molar refractivity (Wildman–Crippen MR) is 96.9 cm³/mol. The number of carbonyl (C=O) groups excluding carboxylic acids is 1. The zero-order valence-corrected chi connectivity index (χ0v) is 15.3. The highest BCUT2D eigenvalue weighted by atomic mass is 32.1. The van der Waals surface area contributed by atoms with Gasteiger partial charge in [0.1, 0.15) is 4.83 Å². The van der Waals surface area contributed by atoms with Crippen LogP contribution in [-0.2, 0) is 6.54 Å². The van der Waals surface area contributed by atoms with Crippen LogP contribution in [0.3, 0.4) is 0 Å². The summed E-state index contributed by atoms with van der Waals surface area (Å²) < 4.78 is 1.57. The molecule has 7 heteroatoms. The van der Waals surface area contributed by atoms with E-state index < -0.39 is 0 Å². The fraction of sp³-hybridized carbons (Fsp3) is 0.588. The van der Waals surface area contributed by atoms with Gasteiger partial charge in [-0.25, -0.2) is 4.98 Å². The van der Waals surface area contributed by atoms with Crippen LogP contribution in [-0.4, -0.2) is 46.0 Å². The second-order valence-electron chi connectivity index (χ2n) is 6.21. The fourth-order valence-corrected chi connectivity index (χ4v) is 4.49. The fourth-order valence-electron chi connectivity index (χ4n) is 3.43. The lowest BCUT2D eigenvalue weighted by Gasteiger charge is -2.22. The van der Waals surface area contributed by atoms with Crippen molar-refractivity contribution in [3.05, 3.63) is 27.1 Å². The van der Waals surface area contributed by atoms with Gasteiger partial charge in [0.2, 0.25) is 0 Å². The molecular weight excluding hydrogens is 324 g/mol. The molecule has 2 aromatic heterocycles. The van der Waals surface area contributed by atoms with Crippen LogP contribution in [0.15, 0.2) is 11.1 Å². The second kappa shape index (κ2) is 7.03. The van der Waals surface area contributed by atoms with Crippen molar-refractivity contribution in [2.45, 2.75) is 46.2 Å². The standard InChI is InChI=1S/C17H24N4O2S/c1-4-20-8-6-7-12(20)9-18-15(22)14-11(3)13-16(24-14)19-10-21(5-2)17(13)23/h10,12H,4-9H2,1-3H3,(H,18,22). The molecule has 3 rings (SSSR count). The Morgan fingerprint density at radius 3 is 2.92 bits per heavy atom. The Morgan fingerprint density at radius 2 is 2.21 bits per heavy atom. The molecule has 1 aliphatic heterocycles. The maximum atomic E-state index is 12.6. The molecule has 1 amide bonds. The number of nitrogens with zero attached hydrogens (tertiary/aromatic N) is 3. The molecule has 1 aliphatic rings. The van der Waals surface area contributed by atoms with E-state index in [1.165, 1.54) is 17.8 Å². The van der Waals surface area contributed by atoms with Gasteiger partial charge in [-0.05, 0) is 45.3 Å². The second-order valence-corrected chi connectivity index (χ2v) is 7.21. The summed E-state index contributed by atoms with van der Waals surface area (Å²) in [5, 5.41) is 3.62. The molecule has 0 aliphatic carbocycles. The number of rotatable bonds is 5. The van der Waals surface area contributed by atoms with Crippen LogP contribution >= 0.6 is 11.3 Å². The molecule has 2 aromatic rings. The molecule has 1 unspecified atom stereocenters. The summed E-state index contributed by atoms with van der Waals surface area (Å²) in [5.41, 5.74) is 0.676. The van der Waals surface area contributed by atoms with Gasteiger partial charge >= 0.3 is 0 Å². The van der Waals surface area contributed by atoms with E-state index in [4.69, 9.17) is 0 Å². The lowest BCUT2D eigenvalue weighted by molar-refractivity contribution is 0.0945. The number of hydrogen-bond acceptors (Lipinski definition) is 5. The summed E-state index contributed by atoms with van der Waals surface area (Å²) in [7, 11) is 0. The number of hydrogen-bond donors (Lipinski definition) is 1. The van der Waals surface area contributed by atoms with E-state index in [1.807, 2.05) is 13.8 Å². The maximum absolute atomic E-state index is 12.6. The highest BCUT2D eigenvalue weighted by molar-refractivity contribution is 7.20. The van der Waals surface area contributed by atoms with Crippen LogP contribution in [0.25, 0.3) is 10.2 Å². The third kappa shape index (κ3) is 2.98. The number of aryl methyl sites for hydroxylation is 2. The summed E-state index contributed by atoms with van der Waals surface area (Å²) in [6.07, 6.45) is 3.87. The summed E-state index contributed by atoms with van der Waals surface area (Å²) in [6.45, 7) is 9.26. The van der Waals surface area contributed by atoms with Crippen LogP contribution in [0.5, 0.6) is 0 Å². The topological polar surface area (TPSA) is 67.2 Å². The zero-order valence-electron chi connectivity index (χ0n) is 14.5. The molecule has 1 fully saturated rings. The normalized spacial score (nSPS) is 18.4. The number of aromatic nitrogens is 2. The van der Waals surface area contributed by atoms with Crippen molar-refractivity contribution in [3.8, 4) is 0 Å². The van der Waals surface area contributed by atoms with E-state index in [9.17, 15) is 9.59 Å². The third-order valence-electron chi connectivity index (χ3n) is 4.87. The van der Waals surface area contributed by atoms with Gasteiger partial charge in [0, 0.05) is 19.1 Å². The van der Waals surface area contributed by atoms with Crippen molar-refractivity contribution >= 4 is 27.5 Å². The Morgan fingerprint density at radius 1 is 1.42 bits per heavy atom. The molecule has 1 atom stereocenters. The molecular formula is C17H24N4O2S. The van der Waals surface area contributed by atoms with Crippen molar-refractivity contribution in [3.63, 3.8) is 0 Å². The van der Waals surface area contributed by atoms with Gasteiger partial charge in [-0.3, -0.25) is 19.1 Å². The highest BCUT2D eigenvalue weighted by Gasteiger charge is 2.25. The van der Waals surface area contributed by atoms with E-state index in [-0.39, 0.29) is 11.5 Å².